The normalized spacial score (nSPS) is 23.9. The van der Waals surface area contributed by atoms with Gasteiger partial charge in [0.15, 0.2) is 12.3 Å². The number of benzene rings is 2. The number of carbonyl (C=O) groups is 1. The molecule has 1 atom stereocenters. The molecule has 4 aliphatic rings. The highest BCUT2D eigenvalue weighted by Gasteiger charge is 2.40. The molecule has 1 fully saturated rings. The molecule has 0 amide bonds. The van der Waals surface area contributed by atoms with Gasteiger partial charge in [0.05, 0.1) is 0 Å². The monoisotopic (exact) mass is 334 g/mol. The number of esters is 1. The molecule has 2 aromatic carbocycles. The van der Waals surface area contributed by atoms with Gasteiger partial charge in [0.25, 0.3) is 0 Å². The summed E-state index contributed by atoms with van der Waals surface area (Å²) in [6.45, 7) is 2.17. The Labute approximate surface area is 146 Å². The highest BCUT2D eigenvalue weighted by atomic mass is 16.5. The molecule has 25 heavy (non-hydrogen) atoms. The molecule has 0 radical (unpaired) electrons. The highest BCUT2D eigenvalue weighted by molar-refractivity contribution is 5.86. The van der Waals surface area contributed by atoms with E-state index in [0.29, 0.717) is 5.92 Å². The van der Waals surface area contributed by atoms with Gasteiger partial charge in [0.2, 0.25) is 0 Å². The van der Waals surface area contributed by atoms with Crippen LogP contribution in [0.15, 0.2) is 48.5 Å². The van der Waals surface area contributed by atoms with E-state index in [9.17, 15) is 4.79 Å². The summed E-state index contributed by atoms with van der Waals surface area (Å²) in [5, 5.41) is 0. The molecule has 126 valence electrons. The zero-order valence-electron chi connectivity index (χ0n) is 13.9. The Hall–Kier alpha value is -2.62. The van der Waals surface area contributed by atoms with Gasteiger partial charge in [-0.25, -0.2) is 4.58 Å². The lowest BCUT2D eigenvalue weighted by atomic mass is 9.86. The minimum atomic E-state index is -0.426. The lowest BCUT2D eigenvalue weighted by Crippen LogP contribution is -2.45. The number of rotatable bonds is 2. The van der Waals surface area contributed by atoms with Crippen LogP contribution in [0.1, 0.15) is 29.9 Å². The SMILES string of the molecule is O=C(OC1C=[N+]2CCC1CC2)C1c2ccccc2Oc2ccccc21. The number of para-hydroxylation sites is 2. The molecule has 1 saturated heterocycles. The van der Waals surface area contributed by atoms with Crippen molar-refractivity contribution >= 4 is 12.2 Å². The van der Waals surface area contributed by atoms with E-state index in [2.05, 4.69) is 10.8 Å². The second-order valence-electron chi connectivity index (χ2n) is 7.03. The van der Waals surface area contributed by atoms with Gasteiger partial charge in [-0.3, -0.25) is 4.79 Å². The summed E-state index contributed by atoms with van der Waals surface area (Å²) in [6, 6.07) is 15.5. The Morgan fingerprint density at radius 1 is 0.960 bits per heavy atom. The van der Waals surface area contributed by atoms with Crippen LogP contribution >= 0.6 is 0 Å². The van der Waals surface area contributed by atoms with Crippen LogP contribution in [-0.4, -0.2) is 36.0 Å². The van der Waals surface area contributed by atoms with Gasteiger partial charge in [-0.15, -0.1) is 0 Å². The molecule has 4 heterocycles. The summed E-state index contributed by atoms with van der Waals surface area (Å²) >= 11 is 0. The maximum absolute atomic E-state index is 13.2. The summed E-state index contributed by atoms with van der Waals surface area (Å²) in [5.74, 6) is 1.32. The first-order valence-electron chi connectivity index (χ1n) is 8.95. The van der Waals surface area contributed by atoms with Crippen LogP contribution in [0.25, 0.3) is 0 Å². The van der Waals surface area contributed by atoms with Gasteiger partial charge in [-0.2, -0.15) is 0 Å². The molecule has 4 aliphatic heterocycles. The van der Waals surface area contributed by atoms with Crippen LogP contribution < -0.4 is 4.74 Å². The quantitative estimate of drug-likeness (QED) is 0.624. The van der Waals surface area contributed by atoms with Crippen LogP contribution in [0.2, 0.25) is 0 Å². The molecular weight excluding hydrogens is 314 g/mol. The molecular formula is C21H20NO3+. The maximum Gasteiger partial charge on any atom is 0.319 e. The van der Waals surface area contributed by atoms with E-state index in [0.717, 1.165) is 48.6 Å². The van der Waals surface area contributed by atoms with Crippen LogP contribution in [0.3, 0.4) is 0 Å². The van der Waals surface area contributed by atoms with Crippen LogP contribution in [0.5, 0.6) is 11.5 Å². The van der Waals surface area contributed by atoms with Crippen LogP contribution in [-0.2, 0) is 9.53 Å². The van der Waals surface area contributed by atoms with Gasteiger partial charge in [-0.1, -0.05) is 36.4 Å². The third kappa shape index (κ3) is 2.44. The van der Waals surface area contributed by atoms with E-state index in [1.165, 1.54) is 0 Å². The molecule has 2 aromatic rings. The van der Waals surface area contributed by atoms with E-state index in [4.69, 9.17) is 9.47 Å². The van der Waals surface area contributed by atoms with Crippen molar-refractivity contribution in [1.29, 1.82) is 0 Å². The summed E-state index contributed by atoms with van der Waals surface area (Å²) < 4.78 is 14.2. The third-order valence-corrected chi connectivity index (χ3v) is 5.56. The molecule has 0 aromatic heterocycles. The van der Waals surface area contributed by atoms with E-state index < -0.39 is 5.92 Å². The summed E-state index contributed by atoms with van der Waals surface area (Å²) in [6.07, 6.45) is 4.22. The minimum absolute atomic E-state index is 0.0998. The van der Waals surface area contributed by atoms with Gasteiger partial charge >= 0.3 is 5.97 Å². The van der Waals surface area contributed by atoms with E-state index in [1.54, 1.807) is 0 Å². The van der Waals surface area contributed by atoms with E-state index >= 15 is 0 Å². The van der Waals surface area contributed by atoms with Gasteiger partial charge < -0.3 is 9.47 Å². The first-order chi connectivity index (χ1) is 12.3. The number of hydrogen-bond donors (Lipinski definition) is 0. The molecule has 4 nitrogen and oxygen atoms in total. The average molecular weight is 334 g/mol. The highest BCUT2D eigenvalue weighted by Crippen LogP contribution is 2.44. The topological polar surface area (TPSA) is 38.5 Å². The van der Waals surface area contributed by atoms with Crippen molar-refractivity contribution in [2.45, 2.75) is 24.9 Å². The summed E-state index contributed by atoms with van der Waals surface area (Å²) in [5.41, 5.74) is 1.76. The second kappa shape index (κ2) is 5.73. The number of piperidine rings is 1. The maximum atomic E-state index is 13.2. The van der Waals surface area contributed by atoms with Gasteiger partial charge in [0, 0.05) is 29.9 Å². The minimum Gasteiger partial charge on any atom is -0.457 e. The fourth-order valence-corrected chi connectivity index (χ4v) is 4.22. The van der Waals surface area contributed by atoms with Crippen LogP contribution in [0.4, 0.5) is 0 Å². The van der Waals surface area contributed by atoms with Crippen molar-refractivity contribution in [2.75, 3.05) is 13.1 Å². The van der Waals surface area contributed by atoms with Gasteiger partial charge in [-0.05, 0) is 12.1 Å². The van der Waals surface area contributed by atoms with Crippen molar-refractivity contribution in [2.24, 2.45) is 5.92 Å². The standard InChI is InChI=1S/C21H20NO3/c23-21(25-19-13-22-11-9-14(19)10-12-22)20-15-5-1-3-7-17(15)24-18-8-4-2-6-16(18)20/h1-8,13-14,19-20H,9-12H2/q+1. The first kappa shape index (κ1) is 14.7. The number of fused-ring (bicyclic) bond motifs is 5. The van der Waals surface area contributed by atoms with Crippen molar-refractivity contribution in [3.63, 3.8) is 0 Å². The largest absolute Gasteiger partial charge is 0.457 e. The number of ether oxygens (including phenoxy) is 2. The molecule has 0 aliphatic carbocycles. The second-order valence-corrected chi connectivity index (χ2v) is 7.03. The lowest BCUT2D eigenvalue weighted by Gasteiger charge is -2.33. The molecule has 0 saturated carbocycles. The molecule has 6 rings (SSSR count). The Morgan fingerprint density at radius 3 is 2.12 bits per heavy atom. The smallest absolute Gasteiger partial charge is 0.319 e. The number of nitrogens with zero attached hydrogens (tertiary/aromatic N) is 1. The lowest BCUT2D eigenvalue weighted by molar-refractivity contribution is -0.549. The molecule has 1 unspecified atom stereocenters. The number of carbonyl (C=O) groups excluding carboxylic acids is 1. The van der Waals surface area contributed by atoms with Crippen LogP contribution in [0, 0.1) is 5.92 Å². The van der Waals surface area contributed by atoms with Crippen molar-refractivity contribution < 1.29 is 18.8 Å². The Balaban J connectivity index is 1.51. The Morgan fingerprint density at radius 2 is 1.56 bits per heavy atom. The summed E-state index contributed by atoms with van der Waals surface area (Å²) in [4.78, 5) is 13.2. The molecule has 2 bridgehead atoms. The van der Waals surface area contributed by atoms with Crippen molar-refractivity contribution in [3.05, 3.63) is 59.7 Å². The summed E-state index contributed by atoms with van der Waals surface area (Å²) in [7, 11) is 0. The fourth-order valence-electron chi connectivity index (χ4n) is 4.22. The Kier molecular flexibility index (Phi) is 3.37. The van der Waals surface area contributed by atoms with Gasteiger partial charge in [0.1, 0.15) is 30.5 Å². The zero-order chi connectivity index (χ0) is 16.8. The average Bonchev–Trinajstić information content (AvgIpc) is 2.67. The molecule has 0 N–H and O–H groups in total. The fraction of sp³-hybridized carbons (Fsp3) is 0.333. The molecule has 0 spiro atoms. The third-order valence-electron chi connectivity index (χ3n) is 5.56. The first-order valence-corrected chi connectivity index (χ1v) is 8.95. The Bertz CT molecular complexity index is 817. The number of hydrogen-bond acceptors (Lipinski definition) is 3. The molecule has 4 heteroatoms. The zero-order valence-corrected chi connectivity index (χ0v) is 13.9. The van der Waals surface area contributed by atoms with Crippen molar-refractivity contribution in [3.8, 4) is 11.5 Å². The van der Waals surface area contributed by atoms with E-state index in [-0.39, 0.29) is 12.1 Å². The van der Waals surface area contributed by atoms with Crippen molar-refractivity contribution in [1.82, 2.24) is 0 Å². The predicted molar refractivity (Wildman–Crippen MR) is 93.5 cm³/mol. The predicted octanol–water partition coefficient (Wildman–Crippen LogP) is 3.34. The van der Waals surface area contributed by atoms with E-state index in [1.807, 2.05) is 48.5 Å².